The van der Waals surface area contributed by atoms with Crippen molar-refractivity contribution >= 4 is 5.82 Å². The van der Waals surface area contributed by atoms with Crippen molar-refractivity contribution in [3.05, 3.63) is 42.4 Å². The van der Waals surface area contributed by atoms with Crippen LogP contribution in [0.2, 0.25) is 0 Å². The third kappa shape index (κ3) is 3.59. The Morgan fingerprint density at radius 3 is 2.83 bits per heavy atom. The molecule has 1 atom stereocenters. The number of likely N-dealkylation sites (tertiary alicyclic amines) is 1. The Balaban J connectivity index is 1.66. The second-order valence-electron chi connectivity index (χ2n) is 6.03. The van der Waals surface area contributed by atoms with Crippen molar-refractivity contribution in [1.82, 2.24) is 14.9 Å². The summed E-state index contributed by atoms with van der Waals surface area (Å²) in [7, 11) is 5.50. The van der Waals surface area contributed by atoms with Crippen LogP contribution in [0.4, 0.5) is 5.82 Å². The lowest BCUT2D eigenvalue weighted by Crippen LogP contribution is -2.35. The fourth-order valence-electron chi connectivity index (χ4n) is 3.20. The minimum atomic E-state index is 0.455. The first-order chi connectivity index (χ1) is 11.7. The van der Waals surface area contributed by atoms with E-state index < -0.39 is 0 Å². The molecule has 2 aromatic rings. The van der Waals surface area contributed by atoms with E-state index in [1.165, 1.54) is 0 Å². The predicted octanol–water partition coefficient (Wildman–Crippen LogP) is 2.20. The molecule has 0 radical (unpaired) electrons. The Labute approximate surface area is 143 Å². The number of ether oxygens (including phenoxy) is 2. The molecule has 1 unspecified atom stereocenters. The average molecular weight is 328 g/mol. The average Bonchev–Trinajstić information content (AvgIpc) is 3.10. The third-order valence-corrected chi connectivity index (χ3v) is 4.60. The number of anilines is 1. The Hall–Kier alpha value is -2.34. The summed E-state index contributed by atoms with van der Waals surface area (Å²) in [5.74, 6) is 2.74. The van der Waals surface area contributed by atoms with E-state index in [9.17, 15) is 0 Å². The maximum atomic E-state index is 5.49. The van der Waals surface area contributed by atoms with Crippen molar-refractivity contribution in [2.75, 3.05) is 39.3 Å². The van der Waals surface area contributed by atoms with Gasteiger partial charge in [0.25, 0.3) is 0 Å². The standard InChI is InChI=1S/C18H24N4O2/c1-21(18-6-8-19-13-20-18)15-7-9-22(12-15)11-14-10-16(23-2)4-5-17(14)24-3/h4-6,8,10,13,15H,7,9,11-12H2,1-3H3. The topological polar surface area (TPSA) is 50.7 Å². The number of rotatable bonds is 6. The largest absolute Gasteiger partial charge is 0.497 e. The minimum absolute atomic E-state index is 0.455. The molecule has 0 bridgehead atoms. The van der Waals surface area contributed by atoms with E-state index in [0.717, 1.165) is 48.9 Å². The molecule has 128 valence electrons. The molecule has 1 fully saturated rings. The summed E-state index contributed by atoms with van der Waals surface area (Å²) in [4.78, 5) is 13.0. The van der Waals surface area contributed by atoms with Crippen molar-refractivity contribution in [3.8, 4) is 11.5 Å². The van der Waals surface area contributed by atoms with E-state index in [-0.39, 0.29) is 0 Å². The van der Waals surface area contributed by atoms with Gasteiger partial charge in [-0.15, -0.1) is 0 Å². The Morgan fingerprint density at radius 1 is 1.25 bits per heavy atom. The SMILES string of the molecule is COc1ccc(OC)c(CN2CCC(N(C)c3ccncn3)C2)c1. The van der Waals surface area contributed by atoms with Gasteiger partial charge < -0.3 is 14.4 Å². The number of benzene rings is 1. The van der Waals surface area contributed by atoms with Crippen LogP contribution in [0.25, 0.3) is 0 Å². The Kier molecular flexibility index (Phi) is 5.15. The molecule has 6 heteroatoms. The smallest absolute Gasteiger partial charge is 0.131 e. The van der Waals surface area contributed by atoms with Gasteiger partial charge in [0.1, 0.15) is 23.6 Å². The van der Waals surface area contributed by atoms with Crippen LogP contribution in [0.3, 0.4) is 0 Å². The van der Waals surface area contributed by atoms with E-state index in [1.54, 1.807) is 26.7 Å². The van der Waals surface area contributed by atoms with Crippen LogP contribution < -0.4 is 14.4 Å². The van der Waals surface area contributed by atoms with Crippen LogP contribution in [0, 0.1) is 0 Å². The maximum absolute atomic E-state index is 5.49. The van der Waals surface area contributed by atoms with Gasteiger partial charge in [-0.3, -0.25) is 4.90 Å². The second-order valence-corrected chi connectivity index (χ2v) is 6.03. The molecular formula is C18H24N4O2. The van der Waals surface area contributed by atoms with E-state index in [0.29, 0.717) is 6.04 Å². The highest BCUT2D eigenvalue weighted by atomic mass is 16.5. The molecule has 3 rings (SSSR count). The predicted molar refractivity (Wildman–Crippen MR) is 93.7 cm³/mol. The Bertz CT molecular complexity index is 665. The normalized spacial score (nSPS) is 17.7. The summed E-state index contributed by atoms with van der Waals surface area (Å²) < 4.78 is 10.8. The first kappa shape index (κ1) is 16.5. The van der Waals surface area contributed by atoms with Gasteiger partial charge in [-0.25, -0.2) is 9.97 Å². The summed E-state index contributed by atoms with van der Waals surface area (Å²) in [6, 6.07) is 8.36. The fraction of sp³-hybridized carbons (Fsp3) is 0.444. The summed E-state index contributed by atoms with van der Waals surface area (Å²) in [6.07, 6.45) is 4.50. The van der Waals surface area contributed by atoms with Crippen LogP contribution in [0.15, 0.2) is 36.8 Å². The van der Waals surface area contributed by atoms with Gasteiger partial charge in [-0.2, -0.15) is 0 Å². The summed E-state index contributed by atoms with van der Waals surface area (Å²) in [5, 5.41) is 0. The number of hydrogen-bond acceptors (Lipinski definition) is 6. The van der Waals surface area contributed by atoms with Crippen LogP contribution in [0.5, 0.6) is 11.5 Å². The summed E-state index contributed by atoms with van der Waals surface area (Å²) in [5.41, 5.74) is 1.15. The highest BCUT2D eigenvalue weighted by Gasteiger charge is 2.27. The van der Waals surface area contributed by atoms with Gasteiger partial charge in [0, 0.05) is 44.5 Å². The first-order valence-electron chi connectivity index (χ1n) is 8.13. The molecule has 0 saturated carbocycles. The lowest BCUT2D eigenvalue weighted by Gasteiger charge is -2.26. The van der Waals surface area contributed by atoms with Gasteiger partial charge in [-0.05, 0) is 30.7 Å². The molecule has 1 saturated heterocycles. The van der Waals surface area contributed by atoms with Crippen molar-refractivity contribution in [2.24, 2.45) is 0 Å². The van der Waals surface area contributed by atoms with E-state index >= 15 is 0 Å². The first-order valence-corrected chi connectivity index (χ1v) is 8.13. The molecule has 1 aliphatic rings. The summed E-state index contributed by atoms with van der Waals surface area (Å²) in [6.45, 7) is 2.91. The van der Waals surface area contributed by atoms with Gasteiger partial charge >= 0.3 is 0 Å². The van der Waals surface area contributed by atoms with Crippen molar-refractivity contribution in [2.45, 2.75) is 19.0 Å². The highest BCUT2D eigenvalue weighted by molar-refractivity contribution is 5.41. The van der Waals surface area contributed by atoms with Crippen LogP contribution in [-0.4, -0.2) is 55.3 Å². The van der Waals surface area contributed by atoms with E-state index in [1.807, 2.05) is 18.2 Å². The molecule has 2 heterocycles. The van der Waals surface area contributed by atoms with E-state index in [2.05, 4.69) is 32.9 Å². The molecule has 1 aromatic heterocycles. The molecule has 0 N–H and O–H groups in total. The van der Waals surface area contributed by atoms with E-state index in [4.69, 9.17) is 9.47 Å². The molecule has 24 heavy (non-hydrogen) atoms. The van der Waals surface area contributed by atoms with Crippen molar-refractivity contribution in [3.63, 3.8) is 0 Å². The number of methoxy groups -OCH3 is 2. The molecule has 1 aliphatic heterocycles. The van der Waals surface area contributed by atoms with Crippen LogP contribution >= 0.6 is 0 Å². The number of nitrogens with zero attached hydrogens (tertiary/aromatic N) is 4. The lowest BCUT2D eigenvalue weighted by atomic mass is 10.1. The lowest BCUT2D eigenvalue weighted by molar-refractivity contribution is 0.314. The zero-order valence-electron chi connectivity index (χ0n) is 14.5. The van der Waals surface area contributed by atoms with Gasteiger partial charge in [0.15, 0.2) is 0 Å². The molecule has 1 aromatic carbocycles. The number of likely N-dealkylation sites (N-methyl/N-ethyl adjacent to an activating group) is 1. The highest BCUT2D eigenvalue weighted by Crippen LogP contribution is 2.27. The second kappa shape index (κ2) is 7.49. The zero-order valence-corrected chi connectivity index (χ0v) is 14.5. The van der Waals surface area contributed by atoms with Crippen LogP contribution in [0.1, 0.15) is 12.0 Å². The quantitative estimate of drug-likeness (QED) is 0.810. The third-order valence-electron chi connectivity index (χ3n) is 4.60. The van der Waals surface area contributed by atoms with Crippen molar-refractivity contribution in [1.29, 1.82) is 0 Å². The van der Waals surface area contributed by atoms with Gasteiger partial charge in [-0.1, -0.05) is 0 Å². The molecule has 0 spiro atoms. The fourth-order valence-corrected chi connectivity index (χ4v) is 3.20. The molecular weight excluding hydrogens is 304 g/mol. The number of aromatic nitrogens is 2. The minimum Gasteiger partial charge on any atom is -0.497 e. The van der Waals surface area contributed by atoms with Crippen molar-refractivity contribution < 1.29 is 9.47 Å². The number of hydrogen-bond donors (Lipinski definition) is 0. The Morgan fingerprint density at radius 2 is 2.12 bits per heavy atom. The van der Waals surface area contributed by atoms with Crippen LogP contribution in [-0.2, 0) is 6.54 Å². The van der Waals surface area contributed by atoms with Gasteiger partial charge in [0.05, 0.1) is 14.2 Å². The monoisotopic (exact) mass is 328 g/mol. The van der Waals surface area contributed by atoms with Gasteiger partial charge in [0.2, 0.25) is 0 Å². The molecule has 0 amide bonds. The zero-order chi connectivity index (χ0) is 16.9. The maximum Gasteiger partial charge on any atom is 0.131 e. The molecule has 0 aliphatic carbocycles. The molecule has 6 nitrogen and oxygen atoms in total. The summed E-state index contributed by atoms with van der Waals surface area (Å²) >= 11 is 0.